The molecule has 0 aliphatic carbocycles. The van der Waals surface area contributed by atoms with Crippen molar-refractivity contribution in [2.75, 3.05) is 19.6 Å². The van der Waals surface area contributed by atoms with E-state index < -0.39 is 6.04 Å². The lowest BCUT2D eigenvalue weighted by atomic mass is 9.96. The van der Waals surface area contributed by atoms with E-state index in [9.17, 15) is 14.4 Å². The number of benzene rings is 1. The van der Waals surface area contributed by atoms with Gasteiger partial charge in [-0.2, -0.15) is 0 Å². The molecule has 2 aliphatic heterocycles. The van der Waals surface area contributed by atoms with Crippen LogP contribution in [-0.2, 0) is 16.1 Å². The van der Waals surface area contributed by atoms with Gasteiger partial charge in [0, 0.05) is 37.1 Å². The maximum absolute atomic E-state index is 12.4. The number of amides is 4. The Hall–Kier alpha value is -2.28. The van der Waals surface area contributed by atoms with E-state index in [0.717, 1.165) is 5.56 Å². The highest BCUT2D eigenvalue weighted by Gasteiger charge is 2.31. The third kappa shape index (κ3) is 4.46. The number of piperidine rings is 1. The smallest absolute Gasteiger partial charge is 0.318 e. The molecule has 4 amide bonds. The fraction of sp³-hybridized carbons (Fsp3) is 0.500. The fourth-order valence-corrected chi connectivity index (χ4v) is 3.49. The molecular formula is C18H23ClN4O3. The van der Waals surface area contributed by atoms with Gasteiger partial charge in [-0.3, -0.25) is 9.59 Å². The minimum Gasteiger partial charge on any atom is -0.354 e. The van der Waals surface area contributed by atoms with Crippen LogP contribution in [0.5, 0.6) is 0 Å². The summed E-state index contributed by atoms with van der Waals surface area (Å²) in [6.07, 6.45) is 1.84. The van der Waals surface area contributed by atoms with Crippen molar-refractivity contribution in [2.24, 2.45) is 5.92 Å². The van der Waals surface area contributed by atoms with Gasteiger partial charge in [0.1, 0.15) is 6.04 Å². The molecule has 1 aromatic carbocycles. The fourth-order valence-electron chi connectivity index (χ4n) is 3.29. The van der Waals surface area contributed by atoms with Crippen LogP contribution in [0.2, 0.25) is 5.02 Å². The van der Waals surface area contributed by atoms with Crippen molar-refractivity contribution in [3.63, 3.8) is 0 Å². The van der Waals surface area contributed by atoms with Gasteiger partial charge in [0.25, 0.3) is 0 Å². The Labute approximate surface area is 157 Å². The molecule has 8 heteroatoms. The Balaban J connectivity index is 1.42. The number of halogens is 1. The molecule has 0 aromatic heterocycles. The molecule has 0 saturated carbocycles. The molecule has 0 unspecified atom stereocenters. The van der Waals surface area contributed by atoms with Crippen molar-refractivity contribution < 1.29 is 14.4 Å². The number of carbonyl (C=O) groups excluding carboxylic acids is 3. The summed E-state index contributed by atoms with van der Waals surface area (Å²) in [7, 11) is 0. The second-order valence-electron chi connectivity index (χ2n) is 6.65. The minimum atomic E-state index is -0.445. The summed E-state index contributed by atoms with van der Waals surface area (Å²) >= 11 is 6.10. The molecule has 140 valence electrons. The van der Waals surface area contributed by atoms with E-state index in [4.69, 9.17) is 11.6 Å². The summed E-state index contributed by atoms with van der Waals surface area (Å²) in [6.45, 7) is 2.00. The third-order valence-electron chi connectivity index (χ3n) is 4.91. The van der Waals surface area contributed by atoms with Crippen LogP contribution in [0.25, 0.3) is 0 Å². The summed E-state index contributed by atoms with van der Waals surface area (Å²) < 4.78 is 0. The van der Waals surface area contributed by atoms with Crippen LogP contribution < -0.4 is 16.0 Å². The summed E-state index contributed by atoms with van der Waals surface area (Å²) in [5.74, 6) is -0.261. The Morgan fingerprint density at radius 1 is 1.19 bits per heavy atom. The molecule has 0 spiro atoms. The average Bonchev–Trinajstić information content (AvgIpc) is 3.05. The van der Waals surface area contributed by atoms with Crippen LogP contribution in [-0.4, -0.2) is 48.4 Å². The SMILES string of the molecule is O=C(NCc1ccccc1Cl)C1CCN(C(=O)N[C@H]2CCNC2=O)CC1. The zero-order valence-corrected chi connectivity index (χ0v) is 15.2. The zero-order valence-electron chi connectivity index (χ0n) is 14.5. The van der Waals surface area contributed by atoms with Crippen LogP contribution >= 0.6 is 11.6 Å². The molecule has 3 N–H and O–H groups in total. The summed E-state index contributed by atoms with van der Waals surface area (Å²) in [5.41, 5.74) is 0.883. The molecule has 3 rings (SSSR count). The van der Waals surface area contributed by atoms with Crippen molar-refractivity contribution in [1.82, 2.24) is 20.9 Å². The van der Waals surface area contributed by atoms with E-state index in [-0.39, 0.29) is 23.8 Å². The lowest BCUT2D eigenvalue weighted by Gasteiger charge is -2.32. The highest BCUT2D eigenvalue weighted by molar-refractivity contribution is 6.31. The van der Waals surface area contributed by atoms with Crippen molar-refractivity contribution in [1.29, 1.82) is 0 Å². The molecule has 1 aromatic rings. The van der Waals surface area contributed by atoms with E-state index >= 15 is 0 Å². The van der Waals surface area contributed by atoms with E-state index in [1.54, 1.807) is 11.0 Å². The predicted molar refractivity (Wildman–Crippen MR) is 97.5 cm³/mol. The standard InChI is InChI=1S/C18H23ClN4O3/c19-14-4-2-1-3-13(14)11-21-16(24)12-6-9-23(10-7-12)18(26)22-15-5-8-20-17(15)25/h1-4,12,15H,5-11H2,(H,20,25)(H,21,24)(H,22,26)/t15-/m0/s1. The van der Waals surface area contributed by atoms with Crippen molar-refractivity contribution in [2.45, 2.75) is 31.8 Å². The van der Waals surface area contributed by atoms with Crippen molar-refractivity contribution in [3.05, 3.63) is 34.9 Å². The molecule has 2 saturated heterocycles. The summed E-state index contributed by atoms with van der Waals surface area (Å²) in [5, 5.41) is 9.01. The number of rotatable bonds is 4. The Morgan fingerprint density at radius 2 is 1.92 bits per heavy atom. The van der Waals surface area contributed by atoms with E-state index in [2.05, 4.69) is 16.0 Å². The Kier molecular flexibility index (Phi) is 5.98. The highest BCUT2D eigenvalue weighted by Crippen LogP contribution is 2.19. The molecule has 2 fully saturated rings. The number of nitrogens with zero attached hydrogens (tertiary/aromatic N) is 1. The number of likely N-dealkylation sites (tertiary alicyclic amines) is 1. The van der Waals surface area contributed by atoms with Gasteiger partial charge in [0.05, 0.1) is 0 Å². The summed E-state index contributed by atoms with van der Waals surface area (Å²) in [4.78, 5) is 37.8. The number of hydrogen-bond acceptors (Lipinski definition) is 3. The number of carbonyl (C=O) groups is 3. The predicted octanol–water partition coefficient (Wildman–Crippen LogP) is 1.27. The quantitative estimate of drug-likeness (QED) is 0.736. The molecule has 0 bridgehead atoms. The Morgan fingerprint density at radius 3 is 2.58 bits per heavy atom. The second kappa shape index (κ2) is 8.40. The van der Waals surface area contributed by atoms with Crippen LogP contribution in [0.4, 0.5) is 4.79 Å². The van der Waals surface area contributed by atoms with Gasteiger partial charge in [-0.1, -0.05) is 29.8 Å². The first-order chi connectivity index (χ1) is 12.5. The van der Waals surface area contributed by atoms with Gasteiger partial charge in [-0.15, -0.1) is 0 Å². The molecule has 7 nitrogen and oxygen atoms in total. The number of hydrogen-bond donors (Lipinski definition) is 3. The average molecular weight is 379 g/mol. The first-order valence-electron chi connectivity index (χ1n) is 8.89. The Bertz CT molecular complexity index is 689. The van der Waals surface area contributed by atoms with Crippen LogP contribution in [0.15, 0.2) is 24.3 Å². The van der Waals surface area contributed by atoms with Gasteiger partial charge < -0.3 is 20.9 Å². The molecule has 2 aliphatic rings. The molecule has 2 heterocycles. The summed E-state index contributed by atoms with van der Waals surface area (Å²) in [6, 6.07) is 6.74. The van der Waals surface area contributed by atoms with E-state index in [1.165, 1.54) is 0 Å². The lowest BCUT2D eigenvalue weighted by Crippen LogP contribution is -2.50. The maximum atomic E-state index is 12.4. The number of nitrogens with one attached hydrogen (secondary N) is 3. The second-order valence-corrected chi connectivity index (χ2v) is 7.06. The third-order valence-corrected chi connectivity index (χ3v) is 5.28. The van der Waals surface area contributed by atoms with E-state index in [1.807, 2.05) is 18.2 Å². The lowest BCUT2D eigenvalue weighted by molar-refractivity contribution is -0.126. The maximum Gasteiger partial charge on any atom is 0.318 e. The molecular weight excluding hydrogens is 356 g/mol. The highest BCUT2D eigenvalue weighted by atomic mass is 35.5. The van der Waals surface area contributed by atoms with Crippen molar-refractivity contribution >= 4 is 29.4 Å². The molecule has 1 atom stereocenters. The normalized spacial score (nSPS) is 20.6. The van der Waals surface area contributed by atoms with Gasteiger partial charge in [-0.05, 0) is 30.9 Å². The van der Waals surface area contributed by atoms with Gasteiger partial charge >= 0.3 is 6.03 Å². The first-order valence-corrected chi connectivity index (χ1v) is 9.26. The van der Waals surface area contributed by atoms with Crippen LogP contribution in [0.1, 0.15) is 24.8 Å². The zero-order chi connectivity index (χ0) is 18.5. The topological polar surface area (TPSA) is 90.5 Å². The largest absolute Gasteiger partial charge is 0.354 e. The van der Waals surface area contributed by atoms with E-state index in [0.29, 0.717) is 50.5 Å². The van der Waals surface area contributed by atoms with Crippen molar-refractivity contribution in [3.8, 4) is 0 Å². The van der Waals surface area contributed by atoms with Crippen LogP contribution in [0, 0.1) is 5.92 Å². The molecule has 26 heavy (non-hydrogen) atoms. The van der Waals surface area contributed by atoms with Gasteiger partial charge in [0.2, 0.25) is 11.8 Å². The van der Waals surface area contributed by atoms with Gasteiger partial charge in [0.15, 0.2) is 0 Å². The first kappa shape index (κ1) is 18.5. The van der Waals surface area contributed by atoms with Crippen LogP contribution in [0.3, 0.4) is 0 Å². The van der Waals surface area contributed by atoms with Gasteiger partial charge in [-0.25, -0.2) is 4.79 Å². The molecule has 0 radical (unpaired) electrons. The minimum absolute atomic E-state index is 0.0138. The number of urea groups is 1. The monoisotopic (exact) mass is 378 g/mol.